The van der Waals surface area contributed by atoms with Crippen molar-refractivity contribution in [1.29, 1.82) is 0 Å². The maximum absolute atomic E-state index is 12.5. The van der Waals surface area contributed by atoms with E-state index in [1.54, 1.807) is 4.90 Å². The highest BCUT2D eigenvalue weighted by Crippen LogP contribution is 2.29. The van der Waals surface area contributed by atoms with E-state index in [2.05, 4.69) is 6.92 Å². The van der Waals surface area contributed by atoms with Crippen molar-refractivity contribution in [2.45, 2.75) is 85.0 Å². The summed E-state index contributed by atoms with van der Waals surface area (Å²) in [7, 11) is 0. The van der Waals surface area contributed by atoms with Crippen LogP contribution >= 0.6 is 0 Å². The molecule has 0 aliphatic carbocycles. The molecule has 0 atom stereocenters. The van der Waals surface area contributed by atoms with Crippen LogP contribution in [0, 0.1) is 0 Å². The minimum Gasteiger partial charge on any atom is -0.490 e. The van der Waals surface area contributed by atoms with Crippen molar-refractivity contribution in [3.8, 4) is 5.75 Å². The summed E-state index contributed by atoms with van der Waals surface area (Å²) in [6.07, 6.45) is 13.1. The van der Waals surface area contributed by atoms with Crippen molar-refractivity contribution < 1.29 is 13.9 Å². The molecular formula is C25H39NO3. The summed E-state index contributed by atoms with van der Waals surface area (Å²) in [5.74, 6) is 1.06. The van der Waals surface area contributed by atoms with Gasteiger partial charge in [-0.1, -0.05) is 76.8 Å². The van der Waals surface area contributed by atoms with Crippen LogP contribution in [0.3, 0.4) is 0 Å². The molecular weight excluding hydrogens is 362 g/mol. The number of nitrogens with zero attached hydrogens (tertiary/aromatic N) is 1. The lowest BCUT2D eigenvalue weighted by molar-refractivity contribution is 0.0743. The molecule has 0 fully saturated rings. The molecule has 1 aromatic carbocycles. The smallest absolute Gasteiger partial charge is 0.289 e. The zero-order chi connectivity index (χ0) is 20.9. The Morgan fingerprint density at radius 2 is 1.52 bits per heavy atom. The summed E-state index contributed by atoms with van der Waals surface area (Å²) in [6.45, 7) is 8.26. The number of fused-ring (bicyclic) bond motifs is 1. The van der Waals surface area contributed by atoms with E-state index in [9.17, 15) is 4.79 Å². The number of furan rings is 1. The Hall–Kier alpha value is -1.97. The second-order valence-electron chi connectivity index (χ2n) is 7.79. The van der Waals surface area contributed by atoms with E-state index in [0.29, 0.717) is 31.0 Å². The summed E-state index contributed by atoms with van der Waals surface area (Å²) in [4.78, 5) is 14.3. The number of amides is 1. The lowest BCUT2D eigenvalue weighted by Gasteiger charge is -2.16. The Morgan fingerprint density at radius 3 is 2.14 bits per heavy atom. The Morgan fingerprint density at radius 1 is 0.897 bits per heavy atom. The highest BCUT2D eigenvalue weighted by atomic mass is 16.5. The minimum atomic E-state index is -0.0631. The Labute approximate surface area is 176 Å². The van der Waals surface area contributed by atoms with Gasteiger partial charge in [0.1, 0.15) is 0 Å². The largest absolute Gasteiger partial charge is 0.490 e. The van der Waals surface area contributed by atoms with Crippen LogP contribution in [0.1, 0.15) is 95.5 Å². The third-order valence-corrected chi connectivity index (χ3v) is 5.52. The highest BCUT2D eigenvalue weighted by molar-refractivity contribution is 5.97. The molecule has 0 bridgehead atoms. The molecule has 2 aromatic rings. The summed E-state index contributed by atoms with van der Waals surface area (Å²) < 4.78 is 11.9. The minimum absolute atomic E-state index is 0.0631. The van der Waals surface area contributed by atoms with Gasteiger partial charge in [-0.2, -0.15) is 0 Å². The molecule has 0 saturated carbocycles. The van der Waals surface area contributed by atoms with Gasteiger partial charge >= 0.3 is 0 Å². The third kappa shape index (κ3) is 7.41. The molecule has 0 radical (unpaired) electrons. The van der Waals surface area contributed by atoms with Gasteiger partial charge in [0.05, 0.1) is 6.61 Å². The molecule has 1 amide bonds. The van der Waals surface area contributed by atoms with Gasteiger partial charge in [-0.25, -0.2) is 0 Å². The quantitative estimate of drug-likeness (QED) is 0.296. The van der Waals surface area contributed by atoms with Crippen molar-refractivity contribution in [3.05, 3.63) is 30.0 Å². The van der Waals surface area contributed by atoms with Crippen molar-refractivity contribution in [3.63, 3.8) is 0 Å². The number of rotatable bonds is 15. The van der Waals surface area contributed by atoms with Crippen molar-refractivity contribution in [2.24, 2.45) is 0 Å². The lowest BCUT2D eigenvalue weighted by Crippen LogP contribution is -2.30. The molecule has 0 N–H and O–H groups in total. The third-order valence-electron chi connectivity index (χ3n) is 5.52. The average molecular weight is 402 g/mol. The number of para-hydroxylation sites is 1. The Bertz CT molecular complexity index is 718. The van der Waals surface area contributed by atoms with Crippen LogP contribution in [0.4, 0.5) is 0 Å². The second-order valence-corrected chi connectivity index (χ2v) is 7.79. The zero-order valence-corrected chi connectivity index (χ0v) is 18.7. The van der Waals surface area contributed by atoms with E-state index < -0.39 is 0 Å². The first-order valence-electron chi connectivity index (χ1n) is 11.7. The summed E-state index contributed by atoms with van der Waals surface area (Å²) >= 11 is 0. The van der Waals surface area contributed by atoms with Crippen molar-refractivity contribution >= 4 is 16.9 Å². The molecule has 4 nitrogen and oxygen atoms in total. The monoisotopic (exact) mass is 401 g/mol. The molecule has 4 heteroatoms. The van der Waals surface area contributed by atoms with Crippen molar-refractivity contribution in [1.82, 2.24) is 4.90 Å². The number of benzene rings is 1. The molecule has 0 unspecified atom stereocenters. The number of hydrogen-bond acceptors (Lipinski definition) is 3. The molecule has 29 heavy (non-hydrogen) atoms. The van der Waals surface area contributed by atoms with Gasteiger partial charge in [-0.05, 0) is 32.4 Å². The summed E-state index contributed by atoms with van der Waals surface area (Å²) in [6, 6.07) is 7.67. The van der Waals surface area contributed by atoms with Gasteiger partial charge in [-0.15, -0.1) is 0 Å². The molecule has 2 rings (SSSR count). The van der Waals surface area contributed by atoms with E-state index in [4.69, 9.17) is 9.15 Å². The van der Waals surface area contributed by atoms with Crippen LogP contribution in [-0.2, 0) is 0 Å². The van der Waals surface area contributed by atoms with E-state index in [1.807, 2.05) is 38.1 Å². The fourth-order valence-electron chi connectivity index (χ4n) is 3.69. The Kier molecular flexibility index (Phi) is 10.7. The predicted molar refractivity (Wildman–Crippen MR) is 121 cm³/mol. The first-order valence-corrected chi connectivity index (χ1v) is 11.7. The lowest BCUT2D eigenvalue weighted by atomic mass is 10.1. The van der Waals surface area contributed by atoms with Gasteiger partial charge in [-0.3, -0.25) is 4.79 Å². The molecule has 0 spiro atoms. The fraction of sp³-hybridized carbons (Fsp3) is 0.640. The molecule has 0 saturated heterocycles. The molecule has 1 heterocycles. The SMILES string of the molecule is CCCCCCCCCCCCOc1cccc2cc(C(=O)N(CC)CC)oc12. The van der Waals surface area contributed by atoms with Crippen LogP contribution in [0.15, 0.2) is 28.7 Å². The van der Waals surface area contributed by atoms with Crippen LogP contribution in [-0.4, -0.2) is 30.5 Å². The number of hydrogen-bond donors (Lipinski definition) is 0. The van der Waals surface area contributed by atoms with Crippen LogP contribution in [0.2, 0.25) is 0 Å². The van der Waals surface area contributed by atoms with Crippen LogP contribution in [0.25, 0.3) is 11.0 Å². The number of carbonyl (C=O) groups is 1. The average Bonchev–Trinajstić information content (AvgIpc) is 3.18. The van der Waals surface area contributed by atoms with E-state index in [0.717, 1.165) is 17.6 Å². The Balaban J connectivity index is 1.74. The summed E-state index contributed by atoms with van der Waals surface area (Å²) in [5.41, 5.74) is 0.676. The summed E-state index contributed by atoms with van der Waals surface area (Å²) in [5, 5.41) is 0.918. The van der Waals surface area contributed by atoms with Gasteiger partial charge in [0.15, 0.2) is 17.1 Å². The number of ether oxygens (including phenoxy) is 1. The van der Waals surface area contributed by atoms with Crippen LogP contribution < -0.4 is 4.74 Å². The fourth-order valence-corrected chi connectivity index (χ4v) is 3.69. The van der Waals surface area contributed by atoms with E-state index >= 15 is 0 Å². The van der Waals surface area contributed by atoms with E-state index in [1.165, 1.54) is 57.8 Å². The van der Waals surface area contributed by atoms with Gasteiger partial charge < -0.3 is 14.1 Å². The van der Waals surface area contributed by atoms with E-state index in [-0.39, 0.29) is 5.91 Å². The first kappa shape index (κ1) is 23.3. The standard InChI is InChI=1S/C25H39NO3/c1-4-7-8-9-10-11-12-13-14-15-19-28-22-18-16-17-21-20-23(29-24(21)22)25(27)26(5-2)6-3/h16-18,20H,4-15,19H2,1-3H3. The first-order chi connectivity index (χ1) is 14.2. The molecule has 162 valence electrons. The molecule has 0 aliphatic heterocycles. The maximum atomic E-state index is 12.5. The zero-order valence-electron chi connectivity index (χ0n) is 18.7. The predicted octanol–water partition coefficient (Wildman–Crippen LogP) is 7.21. The van der Waals surface area contributed by atoms with Crippen LogP contribution in [0.5, 0.6) is 5.75 Å². The normalized spacial score (nSPS) is 11.1. The van der Waals surface area contributed by atoms with Crippen molar-refractivity contribution in [2.75, 3.05) is 19.7 Å². The number of unbranched alkanes of at least 4 members (excludes halogenated alkanes) is 9. The molecule has 0 aliphatic rings. The van der Waals surface area contributed by atoms with Gasteiger partial charge in [0, 0.05) is 18.5 Å². The maximum Gasteiger partial charge on any atom is 0.289 e. The van der Waals surface area contributed by atoms with Gasteiger partial charge in [0.25, 0.3) is 5.91 Å². The number of carbonyl (C=O) groups excluding carboxylic acids is 1. The second kappa shape index (κ2) is 13.3. The highest BCUT2D eigenvalue weighted by Gasteiger charge is 2.18. The van der Waals surface area contributed by atoms with Gasteiger partial charge in [0.2, 0.25) is 0 Å². The topological polar surface area (TPSA) is 42.7 Å². The molecule has 1 aromatic heterocycles.